The summed E-state index contributed by atoms with van der Waals surface area (Å²) < 4.78 is 0. The number of halogens is 1. The van der Waals surface area contributed by atoms with Crippen molar-refractivity contribution in [1.29, 1.82) is 0 Å². The van der Waals surface area contributed by atoms with E-state index in [9.17, 15) is 4.79 Å². The second-order valence-electron chi connectivity index (χ2n) is 5.49. The summed E-state index contributed by atoms with van der Waals surface area (Å²) in [5.74, 6) is 0.721. The van der Waals surface area contributed by atoms with Crippen molar-refractivity contribution in [2.75, 3.05) is 19.6 Å². The molecule has 0 rings (SSSR count). The predicted octanol–water partition coefficient (Wildman–Crippen LogP) is 2.60. The first-order chi connectivity index (χ1) is 7.40. The van der Waals surface area contributed by atoms with Crippen LogP contribution in [0.3, 0.4) is 0 Å². The Bertz CT molecular complexity index is 206. The molecule has 0 aliphatic heterocycles. The molecule has 0 saturated carbocycles. The largest absolute Gasteiger partial charge is 0.354 e. The normalized spacial score (nSPS) is 11.2. The van der Waals surface area contributed by atoms with Crippen molar-refractivity contribution in [3.8, 4) is 0 Å². The molecular formula is C13H29ClN2O. The maximum absolute atomic E-state index is 11.9. The Hall–Kier alpha value is -0.280. The monoisotopic (exact) mass is 264 g/mol. The van der Waals surface area contributed by atoms with Gasteiger partial charge in [0.2, 0.25) is 5.91 Å². The van der Waals surface area contributed by atoms with Crippen LogP contribution in [0.15, 0.2) is 0 Å². The van der Waals surface area contributed by atoms with E-state index in [0.717, 1.165) is 32.5 Å². The van der Waals surface area contributed by atoms with Crippen LogP contribution < -0.4 is 10.6 Å². The lowest BCUT2D eigenvalue weighted by Gasteiger charge is -2.25. The quantitative estimate of drug-likeness (QED) is 0.662. The summed E-state index contributed by atoms with van der Waals surface area (Å²) in [4.78, 5) is 11.9. The smallest absolute Gasteiger partial charge is 0.225 e. The molecule has 0 spiro atoms. The second kappa shape index (κ2) is 9.72. The molecule has 104 valence electrons. The highest BCUT2D eigenvalue weighted by atomic mass is 35.5. The van der Waals surface area contributed by atoms with E-state index in [1.54, 1.807) is 0 Å². The predicted molar refractivity (Wildman–Crippen MR) is 76.7 cm³/mol. The van der Waals surface area contributed by atoms with Crippen molar-refractivity contribution >= 4 is 18.3 Å². The van der Waals surface area contributed by atoms with Gasteiger partial charge in [-0.15, -0.1) is 12.4 Å². The molecule has 0 aromatic carbocycles. The van der Waals surface area contributed by atoms with Gasteiger partial charge in [-0.05, 0) is 25.3 Å². The lowest BCUT2D eigenvalue weighted by Crippen LogP contribution is -2.40. The second-order valence-corrected chi connectivity index (χ2v) is 5.49. The van der Waals surface area contributed by atoms with Gasteiger partial charge >= 0.3 is 0 Å². The molecule has 0 aliphatic carbocycles. The van der Waals surface area contributed by atoms with Gasteiger partial charge < -0.3 is 10.6 Å². The third-order valence-electron chi connectivity index (χ3n) is 2.55. The van der Waals surface area contributed by atoms with Crippen molar-refractivity contribution in [2.24, 2.45) is 11.3 Å². The average molecular weight is 265 g/mol. The maximum Gasteiger partial charge on any atom is 0.225 e. The molecule has 0 saturated heterocycles. The Morgan fingerprint density at radius 3 is 2.24 bits per heavy atom. The molecule has 0 aromatic rings. The van der Waals surface area contributed by atoms with Crippen LogP contribution in [0.2, 0.25) is 0 Å². The Kier molecular flexibility index (Phi) is 10.9. The standard InChI is InChI=1S/C13H28N2O.ClH/c1-6-7-14-8-9-15-12(16)13(4,5)10-11(2)3;/h11,14H,6-10H2,1-5H3,(H,15,16);1H. The van der Waals surface area contributed by atoms with Crippen LogP contribution in [0.1, 0.15) is 47.5 Å². The summed E-state index contributed by atoms with van der Waals surface area (Å²) in [6.45, 7) is 13.1. The molecule has 17 heavy (non-hydrogen) atoms. The van der Waals surface area contributed by atoms with E-state index in [1.807, 2.05) is 13.8 Å². The van der Waals surface area contributed by atoms with E-state index >= 15 is 0 Å². The first-order valence-corrected chi connectivity index (χ1v) is 6.39. The number of hydrogen-bond acceptors (Lipinski definition) is 2. The molecule has 0 fully saturated rings. The van der Waals surface area contributed by atoms with Gasteiger partial charge in [0.25, 0.3) is 0 Å². The first-order valence-electron chi connectivity index (χ1n) is 6.39. The third kappa shape index (κ3) is 9.42. The molecule has 0 radical (unpaired) electrons. The van der Waals surface area contributed by atoms with Crippen LogP contribution in [-0.2, 0) is 4.79 Å². The van der Waals surface area contributed by atoms with Crippen molar-refractivity contribution in [2.45, 2.75) is 47.5 Å². The fraction of sp³-hybridized carbons (Fsp3) is 0.923. The van der Waals surface area contributed by atoms with Crippen molar-refractivity contribution in [3.05, 3.63) is 0 Å². The average Bonchev–Trinajstić information content (AvgIpc) is 2.15. The molecule has 0 atom stereocenters. The molecule has 0 aromatic heterocycles. The molecule has 0 aliphatic rings. The summed E-state index contributed by atoms with van der Waals surface area (Å²) in [5, 5.41) is 6.25. The highest BCUT2D eigenvalue weighted by molar-refractivity contribution is 5.85. The van der Waals surface area contributed by atoms with Gasteiger partial charge in [0.1, 0.15) is 0 Å². The minimum atomic E-state index is -0.251. The summed E-state index contributed by atoms with van der Waals surface area (Å²) in [6, 6.07) is 0. The number of carbonyl (C=O) groups excluding carboxylic acids is 1. The van der Waals surface area contributed by atoms with Crippen LogP contribution >= 0.6 is 12.4 Å². The number of nitrogens with one attached hydrogen (secondary N) is 2. The van der Waals surface area contributed by atoms with E-state index in [1.165, 1.54) is 0 Å². The topological polar surface area (TPSA) is 41.1 Å². The van der Waals surface area contributed by atoms with Crippen LogP contribution in [-0.4, -0.2) is 25.5 Å². The zero-order valence-corrected chi connectivity index (χ0v) is 12.7. The summed E-state index contributed by atoms with van der Waals surface area (Å²) in [6.07, 6.45) is 2.06. The minimum Gasteiger partial charge on any atom is -0.354 e. The number of amides is 1. The van der Waals surface area contributed by atoms with Gasteiger partial charge in [-0.1, -0.05) is 34.6 Å². The van der Waals surface area contributed by atoms with Crippen LogP contribution in [0.4, 0.5) is 0 Å². The zero-order chi connectivity index (χ0) is 12.6. The highest BCUT2D eigenvalue weighted by Gasteiger charge is 2.27. The number of hydrogen-bond donors (Lipinski definition) is 2. The summed E-state index contributed by atoms with van der Waals surface area (Å²) in [7, 11) is 0. The van der Waals surface area contributed by atoms with Gasteiger partial charge in [-0.3, -0.25) is 4.79 Å². The zero-order valence-electron chi connectivity index (χ0n) is 11.9. The molecule has 3 nitrogen and oxygen atoms in total. The van der Waals surface area contributed by atoms with Crippen molar-refractivity contribution < 1.29 is 4.79 Å². The molecule has 0 heterocycles. The Labute approximate surface area is 113 Å². The molecule has 0 bridgehead atoms. The Morgan fingerprint density at radius 1 is 1.18 bits per heavy atom. The third-order valence-corrected chi connectivity index (χ3v) is 2.55. The van der Waals surface area contributed by atoms with Gasteiger partial charge in [0.05, 0.1) is 0 Å². The molecular weight excluding hydrogens is 236 g/mol. The fourth-order valence-electron chi connectivity index (χ4n) is 1.92. The summed E-state index contributed by atoms with van der Waals surface area (Å²) >= 11 is 0. The number of carbonyl (C=O) groups is 1. The Morgan fingerprint density at radius 2 is 1.76 bits per heavy atom. The van der Waals surface area contributed by atoms with Crippen molar-refractivity contribution in [3.63, 3.8) is 0 Å². The van der Waals surface area contributed by atoms with E-state index in [2.05, 4.69) is 31.4 Å². The van der Waals surface area contributed by atoms with E-state index in [0.29, 0.717) is 5.92 Å². The van der Waals surface area contributed by atoms with Crippen LogP contribution in [0.25, 0.3) is 0 Å². The maximum atomic E-state index is 11.9. The van der Waals surface area contributed by atoms with Gasteiger partial charge in [-0.25, -0.2) is 0 Å². The Balaban J connectivity index is 0. The van der Waals surface area contributed by atoms with Gasteiger partial charge in [-0.2, -0.15) is 0 Å². The lowest BCUT2D eigenvalue weighted by molar-refractivity contribution is -0.130. The fourth-order valence-corrected chi connectivity index (χ4v) is 1.92. The van der Waals surface area contributed by atoms with Crippen molar-refractivity contribution in [1.82, 2.24) is 10.6 Å². The lowest BCUT2D eigenvalue weighted by atomic mass is 9.83. The molecule has 4 heteroatoms. The molecule has 0 unspecified atom stereocenters. The SMILES string of the molecule is CCCNCCNC(=O)C(C)(C)CC(C)C.Cl. The first kappa shape index (κ1) is 19.1. The van der Waals surface area contributed by atoms with Gasteiger partial charge in [0, 0.05) is 18.5 Å². The summed E-state index contributed by atoms with van der Waals surface area (Å²) in [5.41, 5.74) is -0.251. The van der Waals surface area contributed by atoms with Crippen LogP contribution in [0, 0.1) is 11.3 Å². The number of rotatable bonds is 8. The van der Waals surface area contributed by atoms with E-state index in [4.69, 9.17) is 0 Å². The van der Waals surface area contributed by atoms with Crippen LogP contribution in [0.5, 0.6) is 0 Å². The minimum absolute atomic E-state index is 0. The highest BCUT2D eigenvalue weighted by Crippen LogP contribution is 2.25. The van der Waals surface area contributed by atoms with E-state index in [-0.39, 0.29) is 23.7 Å². The van der Waals surface area contributed by atoms with Gasteiger partial charge in [0.15, 0.2) is 0 Å². The molecule has 2 N–H and O–H groups in total. The molecule has 1 amide bonds. The van der Waals surface area contributed by atoms with E-state index < -0.39 is 0 Å².